The number of hydrogen-bond donors (Lipinski definition) is 2. The van der Waals surface area contributed by atoms with Crippen LogP contribution in [0.15, 0.2) is 18.2 Å². The second kappa shape index (κ2) is 10.3. The van der Waals surface area contributed by atoms with E-state index in [1.54, 1.807) is 0 Å². The number of hydrogen-bond acceptors (Lipinski definition) is 5. The molecular formula is C19H30N2O4. The van der Waals surface area contributed by atoms with Crippen LogP contribution in [0.25, 0.3) is 0 Å². The van der Waals surface area contributed by atoms with Crippen LogP contribution in [0.1, 0.15) is 32.3 Å². The van der Waals surface area contributed by atoms with E-state index in [2.05, 4.69) is 5.32 Å². The molecule has 1 aliphatic heterocycles. The van der Waals surface area contributed by atoms with Crippen LogP contribution in [0, 0.1) is 5.92 Å². The van der Waals surface area contributed by atoms with Crippen molar-refractivity contribution in [2.75, 3.05) is 33.0 Å². The summed E-state index contributed by atoms with van der Waals surface area (Å²) in [6.45, 7) is 7.01. The Morgan fingerprint density at radius 2 is 1.92 bits per heavy atom. The lowest BCUT2D eigenvalue weighted by molar-refractivity contribution is -0.124. The minimum atomic E-state index is -0.455. The lowest BCUT2D eigenvalue weighted by Gasteiger charge is -2.26. The van der Waals surface area contributed by atoms with E-state index >= 15 is 0 Å². The molecule has 0 saturated carbocycles. The molecule has 0 bridgehead atoms. The van der Waals surface area contributed by atoms with Gasteiger partial charge < -0.3 is 25.3 Å². The molecule has 140 valence electrons. The summed E-state index contributed by atoms with van der Waals surface area (Å²) < 4.78 is 16.5. The summed E-state index contributed by atoms with van der Waals surface area (Å²) in [6, 6.07) is 5.43. The molecule has 3 N–H and O–H groups in total. The molecule has 1 saturated heterocycles. The Balaban J connectivity index is 1.83. The third-order valence-corrected chi connectivity index (χ3v) is 4.40. The smallest absolute Gasteiger partial charge is 0.237 e. The fourth-order valence-corrected chi connectivity index (χ4v) is 2.99. The van der Waals surface area contributed by atoms with Gasteiger partial charge in [-0.15, -0.1) is 0 Å². The summed E-state index contributed by atoms with van der Waals surface area (Å²) in [5.41, 5.74) is 7.17. The Morgan fingerprint density at radius 1 is 1.24 bits per heavy atom. The molecule has 0 aromatic heterocycles. The van der Waals surface area contributed by atoms with Gasteiger partial charge in [0.1, 0.15) is 0 Å². The Kier molecular flexibility index (Phi) is 8.01. The van der Waals surface area contributed by atoms with E-state index in [1.807, 2.05) is 32.0 Å². The summed E-state index contributed by atoms with van der Waals surface area (Å²) in [5.74, 6) is 1.62. The van der Waals surface area contributed by atoms with E-state index in [-0.39, 0.29) is 11.8 Å². The molecule has 1 aromatic carbocycles. The molecule has 1 heterocycles. The van der Waals surface area contributed by atoms with Crippen LogP contribution in [-0.4, -0.2) is 44.9 Å². The molecule has 2 rings (SSSR count). The highest BCUT2D eigenvalue weighted by Crippen LogP contribution is 2.28. The third-order valence-electron chi connectivity index (χ3n) is 4.40. The Labute approximate surface area is 150 Å². The molecule has 1 fully saturated rings. The quantitative estimate of drug-likeness (QED) is 0.711. The van der Waals surface area contributed by atoms with Crippen LogP contribution in [0.2, 0.25) is 0 Å². The van der Waals surface area contributed by atoms with Gasteiger partial charge in [0.15, 0.2) is 11.5 Å². The van der Waals surface area contributed by atoms with Crippen molar-refractivity contribution in [1.82, 2.24) is 5.32 Å². The molecule has 0 radical (unpaired) electrons. The number of carbonyl (C=O) groups is 1. The molecule has 1 aromatic rings. The van der Waals surface area contributed by atoms with Crippen LogP contribution in [0.5, 0.6) is 11.5 Å². The topological polar surface area (TPSA) is 82.8 Å². The summed E-state index contributed by atoms with van der Waals surface area (Å²) in [4.78, 5) is 12.2. The molecule has 6 nitrogen and oxygen atoms in total. The first kappa shape index (κ1) is 19.5. The Hall–Kier alpha value is -1.79. The highest BCUT2D eigenvalue weighted by atomic mass is 16.5. The van der Waals surface area contributed by atoms with E-state index in [0.717, 1.165) is 36.3 Å². The number of benzene rings is 1. The average Bonchev–Trinajstić information content (AvgIpc) is 2.64. The van der Waals surface area contributed by atoms with Crippen molar-refractivity contribution in [3.8, 4) is 11.5 Å². The van der Waals surface area contributed by atoms with Gasteiger partial charge in [-0.2, -0.15) is 0 Å². The largest absolute Gasteiger partial charge is 0.490 e. The summed E-state index contributed by atoms with van der Waals surface area (Å²) in [6.07, 6.45) is 2.43. The van der Waals surface area contributed by atoms with E-state index in [1.165, 1.54) is 0 Å². The van der Waals surface area contributed by atoms with Crippen LogP contribution in [-0.2, 0) is 16.0 Å². The van der Waals surface area contributed by atoms with Gasteiger partial charge in [-0.05, 0) is 56.7 Å². The van der Waals surface area contributed by atoms with Crippen LogP contribution >= 0.6 is 0 Å². The normalized spacial score (nSPS) is 16.3. The fourth-order valence-electron chi connectivity index (χ4n) is 2.99. The molecule has 6 heteroatoms. The van der Waals surface area contributed by atoms with Gasteiger partial charge in [-0.25, -0.2) is 0 Å². The lowest BCUT2D eigenvalue weighted by atomic mass is 9.92. The predicted octanol–water partition coefficient (Wildman–Crippen LogP) is 1.90. The molecule has 1 atom stereocenters. The second-order valence-electron chi connectivity index (χ2n) is 6.16. The van der Waals surface area contributed by atoms with Crippen LogP contribution in [0.3, 0.4) is 0 Å². The summed E-state index contributed by atoms with van der Waals surface area (Å²) >= 11 is 0. The van der Waals surface area contributed by atoms with Crippen molar-refractivity contribution in [3.05, 3.63) is 23.8 Å². The first-order valence-corrected chi connectivity index (χ1v) is 9.15. The number of amides is 1. The zero-order valence-corrected chi connectivity index (χ0v) is 15.3. The molecule has 1 aliphatic rings. The number of ether oxygens (including phenoxy) is 3. The van der Waals surface area contributed by atoms with Crippen LogP contribution in [0.4, 0.5) is 0 Å². The van der Waals surface area contributed by atoms with E-state index < -0.39 is 6.04 Å². The molecule has 25 heavy (non-hydrogen) atoms. The van der Waals surface area contributed by atoms with Gasteiger partial charge in [-0.3, -0.25) is 4.79 Å². The average molecular weight is 350 g/mol. The van der Waals surface area contributed by atoms with Gasteiger partial charge in [0.2, 0.25) is 5.91 Å². The van der Waals surface area contributed by atoms with E-state index in [9.17, 15) is 4.79 Å². The predicted molar refractivity (Wildman–Crippen MR) is 97.0 cm³/mol. The summed E-state index contributed by atoms with van der Waals surface area (Å²) in [7, 11) is 0. The zero-order valence-electron chi connectivity index (χ0n) is 15.3. The fraction of sp³-hybridized carbons (Fsp3) is 0.632. The number of carbonyl (C=O) groups excluding carboxylic acids is 1. The summed E-state index contributed by atoms with van der Waals surface area (Å²) in [5, 5.41) is 2.94. The minimum Gasteiger partial charge on any atom is -0.490 e. The first-order chi connectivity index (χ1) is 12.2. The number of rotatable bonds is 9. The monoisotopic (exact) mass is 350 g/mol. The van der Waals surface area contributed by atoms with E-state index in [0.29, 0.717) is 33.0 Å². The molecule has 0 spiro atoms. The number of nitrogens with one attached hydrogen (secondary N) is 1. The second-order valence-corrected chi connectivity index (χ2v) is 6.16. The Morgan fingerprint density at radius 3 is 2.60 bits per heavy atom. The lowest BCUT2D eigenvalue weighted by Crippen LogP contribution is -2.47. The van der Waals surface area contributed by atoms with Crippen molar-refractivity contribution >= 4 is 5.91 Å². The molecular weight excluding hydrogens is 320 g/mol. The first-order valence-electron chi connectivity index (χ1n) is 9.15. The maximum atomic E-state index is 12.2. The van der Waals surface area contributed by atoms with Crippen molar-refractivity contribution < 1.29 is 19.0 Å². The van der Waals surface area contributed by atoms with E-state index in [4.69, 9.17) is 19.9 Å². The van der Waals surface area contributed by atoms with Gasteiger partial charge in [0.25, 0.3) is 0 Å². The standard InChI is InChI=1S/C19H30N2O4/c1-3-24-16-6-5-14(13-17(16)25-4-2)7-10-21-19(22)18(20)15-8-11-23-12-9-15/h5-6,13,15,18H,3-4,7-12,20H2,1-2H3,(H,21,22). The molecule has 0 aliphatic carbocycles. The highest BCUT2D eigenvalue weighted by molar-refractivity contribution is 5.81. The van der Waals surface area contributed by atoms with Gasteiger partial charge in [0.05, 0.1) is 19.3 Å². The van der Waals surface area contributed by atoms with Crippen LogP contribution < -0.4 is 20.5 Å². The maximum Gasteiger partial charge on any atom is 0.237 e. The molecule has 1 amide bonds. The van der Waals surface area contributed by atoms with Crippen molar-refractivity contribution in [1.29, 1.82) is 0 Å². The molecule has 1 unspecified atom stereocenters. The van der Waals surface area contributed by atoms with Crippen molar-refractivity contribution in [2.45, 2.75) is 39.2 Å². The van der Waals surface area contributed by atoms with Gasteiger partial charge in [-0.1, -0.05) is 6.07 Å². The minimum absolute atomic E-state index is 0.0807. The highest BCUT2D eigenvalue weighted by Gasteiger charge is 2.26. The number of nitrogens with two attached hydrogens (primary N) is 1. The van der Waals surface area contributed by atoms with Gasteiger partial charge >= 0.3 is 0 Å². The maximum absolute atomic E-state index is 12.2. The van der Waals surface area contributed by atoms with Gasteiger partial charge in [0, 0.05) is 19.8 Å². The Bertz CT molecular complexity index is 544. The SMILES string of the molecule is CCOc1ccc(CCNC(=O)C(N)C2CCOCC2)cc1OCC. The third kappa shape index (κ3) is 5.90. The van der Waals surface area contributed by atoms with Crippen molar-refractivity contribution in [3.63, 3.8) is 0 Å². The zero-order chi connectivity index (χ0) is 18.1. The van der Waals surface area contributed by atoms with Crippen molar-refractivity contribution in [2.24, 2.45) is 11.7 Å².